The number of rotatable bonds is 7. The van der Waals surface area contributed by atoms with E-state index in [1.54, 1.807) is 6.08 Å². The van der Waals surface area contributed by atoms with Gasteiger partial charge in [0.05, 0.1) is 6.61 Å². The third kappa shape index (κ3) is 7.83. The van der Waals surface area contributed by atoms with Gasteiger partial charge in [-0.05, 0) is 6.42 Å². The first-order chi connectivity index (χ1) is 5.31. The predicted molar refractivity (Wildman–Crippen MR) is 49.5 cm³/mol. The quantitative estimate of drug-likeness (QED) is 0.338. The molecule has 0 aliphatic carbocycles. The number of unbranched alkanes of at least 4 members (excludes halogenated alkanes) is 2. The average molecular weight is 176 g/mol. The van der Waals surface area contributed by atoms with Gasteiger partial charge in [0.1, 0.15) is 0 Å². The summed E-state index contributed by atoms with van der Waals surface area (Å²) in [6, 6.07) is 0. The molecule has 0 saturated carbocycles. The Balaban J connectivity index is 3.10. The van der Waals surface area contributed by atoms with Crippen molar-refractivity contribution >= 4 is 8.03 Å². The van der Waals surface area contributed by atoms with E-state index >= 15 is 0 Å². The van der Waals surface area contributed by atoms with Gasteiger partial charge in [-0.1, -0.05) is 25.8 Å². The first-order valence-electron chi connectivity index (χ1n) is 4.07. The van der Waals surface area contributed by atoms with Gasteiger partial charge in [-0.3, -0.25) is 4.57 Å². The molecule has 0 aliphatic rings. The van der Waals surface area contributed by atoms with Gasteiger partial charge in [0.15, 0.2) is 8.03 Å². The third-order valence-corrected chi connectivity index (χ3v) is 2.47. The molecular weight excluding hydrogens is 159 g/mol. The average Bonchev–Trinajstić information content (AvgIpc) is 1.99. The molecule has 0 aromatic heterocycles. The van der Waals surface area contributed by atoms with Crippen molar-refractivity contribution in [3.63, 3.8) is 0 Å². The Hall–Kier alpha value is -0.0700. The summed E-state index contributed by atoms with van der Waals surface area (Å²) in [6.07, 6.45) is 5.50. The monoisotopic (exact) mass is 176 g/mol. The van der Waals surface area contributed by atoms with Gasteiger partial charge in [-0.15, -0.1) is 6.58 Å². The largest absolute Gasteiger partial charge is 0.330 e. The van der Waals surface area contributed by atoms with Gasteiger partial charge in [0.2, 0.25) is 0 Å². The molecule has 3 heteroatoms. The zero-order chi connectivity index (χ0) is 8.53. The van der Waals surface area contributed by atoms with Gasteiger partial charge in [-0.2, -0.15) is 0 Å². The van der Waals surface area contributed by atoms with Crippen LogP contribution in [0.25, 0.3) is 0 Å². The van der Waals surface area contributed by atoms with Crippen LogP contribution in [-0.4, -0.2) is 12.8 Å². The van der Waals surface area contributed by atoms with Crippen molar-refractivity contribution in [3.05, 3.63) is 12.7 Å². The predicted octanol–water partition coefficient (Wildman–Crippen LogP) is 2.85. The molecule has 66 valence electrons. The fourth-order valence-corrected chi connectivity index (χ4v) is 1.44. The molecule has 0 bridgehead atoms. The van der Waals surface area contributed by atoms with Gasteiger partial charge in [0.25, 0.3) is 0 Å². The molecule has 11 heavy (non-hydrogen) atoms. The minimum absolute atomic E-state index is 0.511. The van der Waals surface area contributed by atoms with Crippen molar-refractivity contribution < 1.29 is 9.09 Å². The molecule has 0 aromatic rings. The van der Waals surface area contributed by atoms with Crippen molar-refractivity contribution in [2.24, 2.45) is 0 Å². The van der Waals surface area contributed by atoms with Gasteiger partial charge < -0.3 is 4.52 Å². The second-order valence-corrected chi connectivity index (χ2v) is 3.86. The van der Waals surface area contributed by atoms with Crippen molar-refractivity contribution in [3.8, 4) is 0 Å². The Morgan fingerprint density at radius 2 is 2.27 bits per heavy atom. The normalized spacial score (nSPS) is 12.8. The molecule has 0 aromatic carbocycles. The van der Waals surface area contributed by atoms with E-state index < -0.39 is 8.03 Å². The highest BCUT2D eigenvalue weighted by Crippen LogP contribution is 2.21. The Bertz CT molecular complexity index is 123. The Labute approximate surface area is 69.5 Å². The van der Waals surface area contributed by atoms with E-state index in [-0.39, 0.29) is 0 Å². The van der Waals surface area contributed by atoms with Gasteiger partial charge >= 0.3 is 0 Å². The minimum atomic E-state index is -1.79. The van der Waals surface area contributed by atoms with Crippen LogP contribution in [0.3, 0.4) is 0 Å². The summed E-state index contributed by atoms with van der Waals surface area (Å²) < 4.78 is 16.0. The molecule has 0 amide bonds. The van der Waals surface area contributed by atoms with Crippen LogP contribution in [0.4, 0.5) is 0 Å². The van der Waals surface area contributed by atoms with Crippen LogP contribution in [-0.2, 0) is 9.09 Å². The van der Waals surface area contributed by atoms with E-state index in [0.29, 0.717) is 12.8 Å². The van der Waals surface area contributed by atoms with Gasteiger partial charge in [0, 0.05) is 6.16 Å². The van der Waals surface area contributed by atoms with Crippen LogP contribution in [0.1, 0.15) is 26.2 Å². The number of hydrogen-bond acceptors (Lipinski definition) is 2. The van der Waals surface area contributed by atoms with Crippen molar-refractivity contribution in [1.82, 2.24) is 0 Å². The molecule has 0 N–H and O–H groups in total. The maximum atomic E-state index is 10.9. The Morgan fingerprint density at radius 1 is 1.55 bits per heavy atom. The van der Waals surface area contributed by atoms with E-state index in [0.717, 1.165) is 12.8 Å². The van der Waals surface area contributed by atoms with Crippen molar-refractivity contribution in [2.75, 3.05) is 12.8 Å². The van der Waals surface area contributed by atoms with E-state index in [1.807, 2.05) is 0 Å². The fraction of sp³-hybridized carbons (Fsp3) is 0.750. The molecule has 2 nitrogen and oxygen atoms in total. The van der Waals surface area contributed by atoms with E-state index in [4.69, 9.17) is 4.52 Å². The highest BCUT2D eigenvalue weighted by Gasteiger charge is 1.94. The highest BCUT2D eigenvalue weighted by molar-refractivity contribution is 7.39. The van der Waals surface area contributed by atoms with Crippen LogP contribution in [0.5, 0.6) is 0 Å². The third-order valence-electron chi connectivity index (χ3n) is 1.32. The van der Waals surface area contributed by atoms with Gasteiger partial charge in [-0.25, -0.2) is 0 Å². The topological polar surface area (TPSA) is 26.3 Å². The zero-order valence-corrected chi connectivity index (χ0v) is 8.14. The van der Waals surface area contributed by atoms with Crippen molar-refractivity contribution in [2.45, 2.75) is 26.2 Å². The molecule has 0 saturated heterocycles. The standard InChI is InChI=1S/C8H17O2P/c1-3-5-6-7-10-11(9)8-4-2/h4,11H,2-3,5-8H2,1H3. The van der Waals surface area contributed by atoms with Crippen molar-refractivity contribution in [1.29, 1.82) is 0 Å². The zero-order valence-electron chi connectivity index (χ0n) is 7.14. The van der Waals surface area contributed by atoms with Crippen LogP contribution >= 0.6 is 8.03 Å². The molecule has 0 fully saturated rings. The summed E-state index contributed by atoms with van der Waals surface area (Å²) in [5, 5.41) is 0. The van der Waals surface area contributed by atoms with E-state index in [9.17, 15) is 4.57 Å². The Kier molecular flexibility index (Phi) is 7.98. The van der Waals surface area contributed by atoms with Crippen LogP contribution in [0.15, 0.2) is 12.7 Å². The lowest BCUT2D eigenvalue weighted by Crippen LogP contribution is -1.86. The lowest BCUT2D eigenvalue weighted by atomic mass is 10.3. The van der Waals surface area contributed by atoms with Crippen LogP contribution in [0.2, 0.25) is 0 Å². The highest BCUT2D eigenvalue weighted by atomic mass is 31.1. The van der Waals surface area contributed by atoms with Crippen LogP contribution < -0.4 is 0 Å². The summed E-state index contributed by atoms with van der Waals surface area (Å²) in [5.74, 6) is 0. The molecule has 0 radical (unpaired) electrons. The van der Waals surface area contributed by atoms with E-state index in [2.05, 4.69) is 13.5 Å². The summed E-state index contributed by atoms with van der Waals surface area (Å²) >= 11 is 0. The maximum absolute atomic E-state index is 10.9. The molecule has 0 heterocycles. The fourth-order valence-electron chi connectivity index (χ4n) is 0.715. The molecule has 0 spiro atoms. The van der Waals surface area contributed by atoms with E-state index in [1.165, 1.54) is 6.42 Å². The first-order valence-corrected chi connectivity index (χ1v) is 5.60. The summed E-state index contributed by atoms with van der Waals surface area (Å²) in [5.41, 5.74) is 0. The Morgan fingerprint density at radius 3 is 2.82 bits per heavy atom. The number of allylic oxidation sites excluding steroid dienone is 1. The number of hydrogen-bond donors (Lipinski definition) is 0. The molecule has 0 aliphatic heterocycles. The second kappa shape index (κ2) is 8.03. The minimum Gasteiger partial charge on any atom is -0.330 e. The lowest BCUT2D eigenvalue weighted by Gasteiger charge is -2.00. The SMILES string of the molecule is C=CC[PH](=O)OCCCCC. The maximum Gasteiger partial charge on any atom is 0.195 e. The first kappa shape index (κ1) is 10.9. The second-order valence-electron chi connectivity index (χ2n) is 2.42. The smallest absolute Gasteiger partial charge is 0.195 e. The van der Waals surface area contributed by atoms with Crippen LogP contribution in [0, 0.1) is 0 Å². The summed E-state index contributed by atoms with van der Waals surface area (Å²) in [6.45, 7) is 6.26. The lowest BCUT2D eigenvalue weighted by molar-refractivity contribution is 0.319. The molecule has 1 unspecified atom stereocenters. The molecule has 1 atom stereocenters. The molecule has 0 rings (SSSR count). The summed E-state index contributed by atoms with van der Waals surface area (Å²) in [7, 11) is -1.79. The summed E-state index contributed by atoms with van der Waals surface area (Å²) in [4.78, 5) is 0. The molecular formula is C8H17O2P.